The average molecular weight is 235 g/mol. The molecule has 0 atom stereocenters. The Bertz CT molecular complexity index is 507. The maximum absolute atomic E-state index is 8.90. The molecule has 2 aromatic rings. The number of benzene rings is 1. The molecule has 0 saturated heterocycles. The van der Waals surface area contributed by atoms with E-state index >= 15 is 0 Å². The Morgan fingerprint density at radius 3 is 2.59 bits per heavy atom. The molecule has 1 aromatic heterocycles. The van der Waals surface area contributed by atoms with Crippen molar-refractivity contribution in [3.05, 3.63) is 30.2 Å². The standard InChI is InChI=1S/C12H13NO4/c1-15-10-4-3-8(5-11(10)16-2)12-13-6-9(7-14)17-12/h3-6,14H,7H2,1-2H3. The summed E-state index contributed by atoms with van der Waals surface area (Å²) in [6.07, 6.45) is 1.49. The van der Waals surface area contributed by atoms with Gasteiger partial charge in [0.2, 0.25) is 5.89 Å². The van der Waals surface area contributed by atoms with E-state index < -0.39 is 0 Å². The minimum Gasteiger partial charge on any atom is -0.493 e. The summed E-state index contributed by atoms with van der Waals surface area (Å²) in [5, 5.41) is 8.90. The van der Waals surface area contributed by atoms with E-state index in [9.17, 15) is 0 Å². The highest BCUT2D eigenvalue weighted by molar-refractivity contribution is 5.59. The maximum atomic E-state index is 8.90. The quantitative estimate of drug-likeness (QED) is 0.876. The van der Waals surface area contributed by atoms with Crippen LogP contribution >= 0.6 is 0 Å². The molecule has 0 unspecified atom stereocenters. The van der Waals surface area contributed by atoms with E-state index in [1.807, 2.05) is 6.07 Å². The van der Waals surface area contributed by atoms with Crippen LogP contribution in [0.5, 0.6) is 11.5 Å². The van der Waals surface area contributed by atoms with E-state index in [1.165, 1.54) is 6.20 Å². The largest absolute Gasteiger partial charge is 0.493 e. The monoisotopic (exact) mass is 235 g/mol. The molecule has 1 heterocycles. The molecule has 2 rings (SSSR count). The summed E-state index contributed by atoms with van der Waals surface area (Å²) in [6.45, 7) is -0.166. The lowest BCUT2D eigenvalue weighted by Gasteiger charge is -2.07. The van der Waals surface area contributed by atoms with E-state index in [4.69, 9.17) is 19.0 Å². The zero-order chi connectivity index (χ0) is 12.3. The Labute approximate surface area is 98.6 Å². The Hall–Kier alpha value is -2.01. The Morgan fingerprint density at radius 1 is 1.24 bits per heavy atom. The number of nitrogens with zero attached hydrogens (tertiary/aromatic N) is 1. The zero-order valence-corrected chi connectivity index (χ0v) is 9.64. The molecule has 0 aliphatic carbocycles. The lowest BCUT2D eigenvalue weighted by atomic mass is 10.2. The van der Waals surface area contributed by atoms with E-state index in [0.717, 1.165) is 5.56 Å². The van der Waals surface area contributed by atoms with Gasteiger partial charge in [0.1, 0.15) is 12.4 Å². The molecule has 90 valence electrons. The van der Waals surface area contributed by atoms with Crippen LogP contribution in [-0.2, 0) is 6.61 Å². The molecule has 17 heavy (non-hydrogen) atoms. The van der Waals surface area contributed by atoms with E-state index in [1.54, 1.807) is 26.4 Å². The predicted molar refractivity (Wildman–Crippen MR) is 61.0 cm³/mol. The van der Waals surface area contributed by atoms with Crippen molar-refractivity contribution >= 4 is 0 Å². The first kappa shape index (κ1) is 11.5. The van der Waals surface area contributed by atoms with Gasteiger partial charge in [0.05, 0.1) is 20.4 Å². The zero-order valence-electron chi connectivity index (χ0n) is 9.64. The normalized spacial score (nSPS) is 10.3. The highest BCUT2D eigenvalue weighted by Gasteiger charge is 2.10. The van der Waals surface area contributed by atoms with Crippen LogP contribution in [-0.4, -0.2) is 24.3 Å². The second kappa shape index (κ2) is 4.88. The lowest BCUT2D eigenvalue weighted by molar-refractivity contribution is 0.248. The molecule has 0 amide bonds. The summed E-state index contributed by atoms with van der Waals surface area (Å²) >= 11 is 0. The van der Waals surface area contributed by atoms with Crippen LogP contribution in [0.2, 0.25) is 0 Å². The summed E-state index contributed by atoms with van der Waals surface area (Å²) in [6, 6.07) is 5.36. The molecule has 0 fully saturated rings. The minimum atomic E-state index is -0.166. The van der Waals surface area contributed by atoms with Crippen LogP contribution in [0.15, 0.2) is 28.8 Å². The van der Waals surface area contributed by atoms with Crippen molar-refractivity contribution in [1.29, 1.82) is 0 Å². The van der Waals surface area contributed by atoms with Gasteiger partial charge >= 0.3 is 0 Å². The SMILES string of the molecule is COc1ccc(-c2ncc(CO)o2)cc1OC. The van der Waals surface area contributed by atoms with Gasteiger partial charge in [-0.2, -0.15) is 0 Å². The van der Waals surface area contributed by atoms with Crippen molar-refractivity contribution in [2.75, 3.05) is 14.2 Å². The summed E-state index contributed by atoms with van der Waals surface area (Å²) < 4.78 is 15.7. The first-order chi connectivity index (χ1) is 8.28. The van der Waals surface area contributed by atoms with Gasteiger partial charge in [-0.1, -0.05) is 0 Å². The van der Waals surface area contributed by atoms with Crippen molar-refractivity contribution in [2.24, 2.45) is 0 Å². The molecule has 1 aromatic carbocycles. The van der Waals surface area contributed by atoms with E-state index in [-0.39, 0.29) is 6.61 Å². The molecular formula is C12H13NO4. The fourth-order valence-electron chi connectivity index (χ4n) is 1.48. The van der Waals surface area contributed by atoms with Gasteiger partial charge in [-0.15, -0.1) is 0 Å². The molecule has 0 bridgehead atoms. The van der Waals surface area contributed by atoms with Crippen LogP contribution in [0, 0.1) is 0 Å². The fraction of sp³-hybridized carbons (Fsp3) is 0.250. The third-order valence-corrected chi connectivity index (χ3v) is 2.34. The highest BCUT2D eigenvalue weighted by Crippen LogP contribution is 2.31. The molecule has 0 spiro atoms. The Kier molecular flexibility index (Phi) is 3.30. The van der Waals surface area contributed by atoms with Crippen molar-refractivity contribution in [3.8, 4) is 23.0 Å². The van der Waals surface area contributed by atoms with Crippen LogP contribution in [0.3, 0.4) is 0 Å². The van der Waals surface area contributed by atoms with Crippen molar-refractivity contribution in [3.63, 3.8) is 0 Å². The number of rotatable bonds is 4. The Balaban J connectivity index is 2.38. The van der Waals surface area contributed by atoms with Gasteiger partial charge in [-0.25, -0.2) is 4.98 Å². The number of methoxy groups -OCH3 is 2. The number of hydrogen-bond donors (Lipinski definition) is 1. The van der Waals surface area contributed by atoms with Crippen molar-refractivity contribution in [1.82, 2.24) is 4.98 Å². The summed E-state index contributed by atoms with van der Waals surface area (Å²) in [4.78, 5) is 4.07. The van der Waals surface area contributed by atoms with Gasteiger partial charge < -0.3 is 19.0 Å². The molecule has 0 aliphatic heterocycles. The summed E-state index contributed by atoms with van der Waals surface area (Å²) in [5.41, 5.74) is 0.766. The third kappa shape index (κ3) is 2.24. The fourth-order valence-corrected chi connectivity index (χ4v) is 1.48. The van der Waals surface area contributed by atoms with Crippen LogP contribution in [0.1, 0.15) is 5.76 Å². The lowest BCUT2D eigenvalue weighted by Crippen LogP contribution is -1.90. The molecule has 5 heteroatoms. The predicted octanol–water partition coefficient (Wildman–Crippen LogP) is 1.85. The first-order valence-electron chi connectivity index (χ1n) is 5.06. The minimum absolute atomic E-state index is 0.166. The number of aliphatic hydroxyl groups is 1. The molecule has 0 aliphatic rings. The van der Waals surface area contributed by atoms with Gasteiger partial charge in [0, 0.05) is 5.56 Å². The molecule has 5 nitrogen and oxygen atoms in total. The van der Waals surface area contributed by atoms with Crippen LogP contribution in [0.4, 0.5) is 0 Å². The number of aromatic nitrogens is 1. The first-order valence-corrected chi connectivity index (χ1v) is 5.06. The van der Waals surface area contributed by atoms with Crippen molar-refractivity contribution < 1.29 is 19.0 Å². The summed E-state index contributed by atoms with van der Waals surface area (Å²) in [7, 11) is 3.14. The topological polar surface area (TPSA) is 64.7 Å². The molecule has 0 radical (unpaired) electrons. The third-order valence-electron chi connectivity index (χ3n) is 2.34. The smallest absolute Gasteiger partial charge is 0.226 e. The van der Waals surface area contributed by atoms with Crippen molar-refractivity contribution in [2.45, 2.75) is 6.61 Å². The molecule has 1 N–H and O–H groups in total. The molecular weight excluding hydrogens is 222 g/mol. The van der Waals surface area contributed by atoms with Gasteiger partial charge in [-0.05, 0) is 18.2 Å². The molecule has 0 saturated carbocycles. The second-order valence-corrected chi connectivity index (χ2v) is 3.36. The highest BCUT2D eigenvalue weighted by atomic mass is 16.5. The maximum Gasteiger partial charge on any atom is 0.226 e. The average Bonchev–Trinajstić information content (AvgIpc) is 2.86. The van der Waals surface area contributed by atoms with Gasteiger partial charge in [-0.3, -0.25) is 0 Å². The number of oxazole rings is 1. The van der Waals surface area contributed by atoms with Gasteiger partial charge in [0.25, 0.3) is 0 Å². The van der Waals surface area contributed by atoms with E-state index in [2.05, 4.69) is 4.98 Å². The van der Waals surface area contributed by atoms with Crippen LogP contribution < -0.4 is 9.47 Å². The second-order valence-electron chi connectivity index (χ2n) is 3.36. The number of hydrogen-bond acceptors (Lipinski definition) is 5. The number of aliphatic hydroxyl groups excluding tert-OH is 1. The number of ether oxygens (including phenoxy) is 2. The summed E-state index contributed by atoms with van der Waals surface area (Å²) in [5.74, 6) is 2.11. The van der Waals surface area contributed by atoms with Crippen LogP contribution in [0.25, 0.3) is 11.5 Å². The Morgan fingerprint density at radius 2 is 2.00 bits per heavy atom. The van der Waals surface area contributed by atoms with E-state index in [0.29, 0.717) is 23.1 Å². The van der Waals surface area contributed by atoms with Gasteiger partial charge in [0.15, 0.2) is 11.5 Å².